The molecule has 3 aromatic carbocycles. The summed E-state index contributed by atoms with van der Waals surface area (Å²) in [7, 11) is 0. The van der Waals surface area contributed by atoms with E-state index in [0.717, 1.165) is 22.2 Å². The fraction of sp³-hybridized carbons (Fsp3) is 0.160. The summed E-state index contributed by atoms with van der Waals surface area (Å²) in [4.78, 5) is 20.7. The molecule has 4 aromatic rings. The van der Waals surface area contributed by atoms with Gasteiger partial charge in [-0.25, -0.2) is 0 Å². The number of hydrogen-bond donors (Lipinski definition) is 1. The highest BCUT2D eigenvalue weighted by Gasteiger charge is 2.32. The van der Waals surface area contributed by atoms with E-state index >= 15 is 0 Å². The summed E-state index contributed by atoms with van der Waals surface area (Å²) in [5.74, 6) is 0.0221. The number of aromatic amines is 1. The minimum Gasteiger partial charge on any atom is -0.361 e. The van der Waals surface area contributed by atoms with Gasteiger partial charge >= 0.3 is 0 Å². The maximum absolute atomic E-state index is 13.4. The van der Waals surface area contributed by atoms with Crippen molar-refractivity contribution in [2.45, 2.75) is 6.04 Å². The van der Waals surface area contributed by atoms with Crippen LogP contribution in [0.1, 0.15) is 22.0 Å². The molecule has 1 N–H and O–H groups in total. The van der Waals surface area contributed by atoms with Crippen LogP contribution in [0.4, 0.5) is 5.69 Å². The van der Waals surface area contributed by atoms with E-state index in [9.17, 15) is 4.79 Å². The van der Waals surface area contributed by atoms with Crippen molar-refractivity contribution in [2.24, 2.45) is 0 Å². The first-order chi connectivity index (χ1) is 15.5. The van der Waals surface area contributed by atoms with Crippen molar-refractivity contribution in [3.8, 4) is 0 Å². The van der Waals surface area contributed by atoms with Gasteiger partial charge in [0.05, 0.1) is 16.8 Å². The lowest BCUT2D eigenvalue weighted by molar-refractivity contribution is 0.0722. The molecular formula is C25H20Cl3N3O. The Hall–Kier alpha value is -2.66. The number of hydrogen-bond acceptors (Lipinski definition) is 2. The Bertz CT molecular complexity index is 1290. The molecule has 32 heavy (non-hydrogen) atoms. The van der Waals surface area contributed by atoms with Crippen LogP contribution in [0.5, 0.6) is 0 Å². The molecule has 0 saturated carbocycles. The molecule has 4 nitrogen and oxygen atoms in total. The number of amides is 1. The molecule has 2 heterocycles. The largest absolute Gasteiger partial charge is 0.361 e. The summed E-state index contributed by atoms with van der Waals surface area (Å²) in [6, 6.07) is 20.9. The van der Waals surface area contributed by atoms with Crippen molar-refractivity contribution in [3.63, 3.8) is 0 Å². The van der Waals surface area contributed by atoms with Crippen LogP contribution in [-0.4, -0.2) is 35.4 Å². The van der Waals surface area contributed by atoms with Crippen molar-refractivity contribution >= 4 is 57.3 Å². The van der Waals surface area contributed by atoms with Gasteiger partial charge in [-0.2, -0.15) is 0 Å². The molecule has 1 aliphatic rings. The zero-order valence-corrected chi connectivity index (χ0v) is 19.3. The normalized spacial score (nSPS) is 16.5. The molecule has 7 heteroatoms. The van der Waals surface area contributed by atoms with E-state index in [4.69, 9.17) is 34.8 Å². The summed E-state index contributed by atoms with van der Waals surface area (Å²) >= 11 is 18.8. The zero-order valence-electron chi connectivity index (χ0n) is 17.1. The molecule has 162 valence electrons. The van der Waals surface area contributed by atoms with Crippen LogP contribution >= 0.6 is 34.8 Å². The van der Waals surface area contributed by atoms with E-state index in [2.05, 4.69) is 9.88 Å². The van der Waals surface area contributed by atoms with Gasteiger partial charge in [0.1, 0.15) is 0 Å². The van der Waals surface area contributed by atoms with Gasteiger partial charge in [0.2, 0.25) is 0 Å². The van der Waals surface area contributed by atoms with Gasteiger partial charge in [-0.05, 0) is 60.2 Å². The smallest absolute Gasteiger partial charge is 0.254 e. The third-order valence-corrected chi connectivity index (χ3v) is 6.73. The van der Waals surface area contributed by atoms with E-state index in [1.165, 1.54) is 0 Å². The van der Waals surface area contributed by atoms with Crippen molar-refractivity contribution in [1.82, 2.24) is 9.88 Å². The lowest BCUT2D eigenvalue weighted by Gasteiger charge is -2.43. The molecule has 0 aliphatic carbocycles. The molecule has 1 fully saturated rings. The number of piperazine rings is 1. The Kier molecular flexibility index (Phi) is 5.76. The Labute approximate surface area is 201 Å². The predicted molar refractivity (Wildman–Crippen MR) is 132 cm³/mol. The SMILES string of the molecule is O=C(c1ccc2[nH]ccc2c1)N1CCN(c2ccc(Cl)cc2Cl)C(c2ccc(Cl)cc2)C1. The molecule has 1 saturated heterocycles. The number of anilines is 1. The van der Waals surface area contributed by atoms with Gasteiger partial charge in [0.25, 0.3) is 5.91 Å². The number of aromatic nitrogens is 1. The van der Waals surface area contributed by atoms with Crippen molar-refractivity contribution in [1.29, 1.82) is 0 Å². The van der Waals surface area contributed by atoms with Gasteiger partial charge in [0, 0.05) is 52.3 Å². The van der Waals surface area contributed by atoms with Gasteiger partial charge in [0.15, 0.2) is 0 Å². The fourth-order valence-electron chi connectivity index (χ4n) is 4.31. The van der Waals surface area contributed by atoms with Crippen molar-refractivity contribution in [3.05, 3.63) is 99.1 Å². The monoisotopic (exact) mass is 483 g/mol. The summed E-state index contributed by atoms with van der Waals surface area (Å²) in [5, 5.41) is 2.88. The number of rotatable bonds is 3. The summed E-state index contributed by atoms with van der Waals surface area (Å²) in [5.41, 5.74) is 3.67. The second-order valence-corrected chi connectivity index (χ2v) is 9.17. The number of carbonyl (C=O) groups is 1. The van der Waals surface area contributed by atoms with Crippen molar-refractivity contribution in [2.75, 3.05) is 24.5 Å². The highest BCUT2D eigenvalue weighted by molar-refractivity contribution is 6.36. The second-order valence-electron chi connectivity index (χ2n) is 7.89. The van der Waals surface area contributed by atoms with E-state index in [-0.39, 0.29) is 11.9 Å². The average Bonchev–Trinajstić information content (AvgIpc) is 3.27. The van der Waals surface area contributed by atoms with Crippen LogP contribution in [0, 0.1) is 0 Å². The van der Waals surface area contributed by atoms with Crippen LogP contribution in [-0.2, 0) is 0 Å². The quantitative estimate of drug-likeness (QED) is 0.346. The van der Waals surface area contributed by atoms with Crippen LogP contribution in [0.2, 0.25) is 15.1 Å². The summed E-state index contributed by atoms with van der Waals surface area (Å²) < 4.78 is 0. The number of fused-ring (bicyclic) bond motifs is 1. The summed E-state index contributed by atoms with van der Waals surface area (Å²) in [6.07, 6.45) is 1.88. The minimum absolute atomic E-state index is 0.0221. The number of carbonyl (C=O) groups excluding carboxylic acids is 1. The second kappa shape index (κ2) is 8.70. The first-order valence-electron chi connectivity index (χ1n) is 10.3. The third kappa shape index (κ3) is 4.06. The molecular weight excluding hydrogens is 465 g/mol. The standard InChI is InChI=1S/C25H20Cl3N3O/c26-19-4-1-16(2-5-19)24-15-30(11-12-31(24)23-8-6-20(27)14-21(23)28)25(32)18-3-7-22-17(13-18)9-10-29-22/h1-10,13-14,24,29H,11-12,15H2. The molecule has 5 rings (SSSR count). The van der Waals surface area contributed by atoms with Crippen LogP contribution in [0.15, 0.2) is 72.9 Å². The topological polar surface area (TPSA) is 39.3 Å². The van der Waals surface area contributed by atoms with Gasteiger partial charge in [-0.15, -0.1) is 0 Å². The average molecular weight is 485 g/mol. The Morgan fingerprint density at radius 2 is 1.66 bits per heavy atom. The highest BCUT2D eigenvalue weighted by atomic mass is 35.5. The third-order valence-electron chi connectivity index (χ3n) is 5.94. The van der Waals surface area contributed by atoms with Crippen LogP contribution in [0.3, 0.4) is 0 Å². The molecule has 1 amide bonds. The number of nitrogens with one attached hydrogen (secondary N) is 1. The van der Waals surface area contributed by atoms with E-state index < -0.39 is 0 Å². The first-order valence-corrected chi connectivity index (χ1v) is 11.5. The molecule has 0 bridgehead atoms. The molecule has 0 spiro atoms. The maximum Gasteiger partial charge on any atom is 0.254 e. The molecule has 1 aliphatic heterocycles. The highest BCUT2D eigenvalue weighted by Crippen LogP contribution is 2.37. The summed E-state index contributed by atoms with van der Waals surface area (Å²) in [6.45, 7) is 1.77. The lowest BCUT2D eigenvalue weighted by atomic mass is 10.0. The Morgan fingerprint density at radius 3 is 2.44 bits per heavy atom. The van der Waals surface area contributed by atoms with E-state index in [1.807, 2.05) is 71.8 Å². The van der Waals surface area contributed by atoms with E-state index in [0.29, 0.717) is 40.3 Å². The molecule has 1 atom stereocenters. The van der Waals surface area contributed by atoms with Gasteiger partial charge < -0.3 is 14.8 Å². The Morgan fingerprint density at radius 1 is 0.875 bits per heavy atom. The van der Waals surface area contributed by atoms with Crippen LogP contribution < -0.4 is 4.90 Å². The Balaban J connectivity index is 1.48. The van der Waals surface area contributed by atoms with Gasteiger partial charge in [-0.1, -0.05) is 46.9 Å². The fourth-order valence-corrected chi connectivity index (χ4v) is 4.95. The first kappa shape index (κ1) is 21.2. The molecule has 0 radical (unpaired) electrons. The minimum atomic E-state index is -0.0698. The number of nitrogens with zero attached hydrogens (tertiary/aromatic N) is 2. The molecule has 1 aromatic heterocycles. The maximum atomic E-state index is 13.4. The molecule has 1 unspecified atom stereocenters. The van der Waals surface area contributed by atoms with E-state index in [1.54, 1.807) is 6.07 Å². The lowest BCUT2D eigenvalue weighted by Crippen LogP contribution is -2.50. The zero-order chi connectivity index (χ0) is 22.2. The van der Waals surface area contributed by atoms with Crippen molar-refractivity contribution < 1.29 is 4.79 Å². The number of benzene rings is 3. The number of H-pyrrole nitrogens is 1. The predicted octanol–water partition coefficient (Wildman–Crippen LogP) is 6.83. The number of halogens is 3. The van der Waals surface area contributed by atoms with Gasteiger partial charge in [-0.3, -0.25) is 4.79 Å². The van der Waals surface area contributed by atoms with Crippen LogP contribution in [0.25, 0.3) is 10.9 Å².